The Labute approximate surface area is 148 Å². The second-order valence-corrected chi connectivity index (χ2v) is 5.89. The van der Waals surface area contributed by atoms with Crippen molar-refractivity contribution < 1.29 is 0 Å². The van der Waals surface area contributed by atoms with Gasteiger partial charge in [0.1, 0.15) is 0 Å². The van der Waals surface area contributed by atoms with Crippen LogP contribution in [0.25, 0.3) is 5.69 Å². The Bertz CT molecular complexity index is 869. The molecule has 0 bridgehead atoms. The summed E-state index contributed by atoms with van der Waals surface area (Å²) in [6.07, 6.45) is 2.31. The normalized spacial score (nSPS) is 10.6. The molecule has 0 atom stereocenters. The van der Waals surface area contributed by atoms with Crippen molar-refractivity contribution in [3.8, 4) is 5.69 Å². The Morgan fingerprint density at radius 1 is 0.920 bits per heavy atom. The highest BCUT2D eigenvalue weighted by atomic mass is 16.1. The molecule has 0 saturated heterocycles. The highest BCUT2D eigenvalue weighted by molar-refractivity contribution is 5.44. The number of hydrogen-bond donors (Lipinski definition) is 0. The van der Waals surface area contributed by atoms with Crippen LogP contribution >= 0.6 is 0 Å². The van der Waals surface area contributed by atoms with Crippen molar-refractivity contribution in [3.63, 3.8) is 0 Å². The zero-order valence-corrected chi connectivity index (χ0v) is 14.7. The predicted octanol–water partition coefficient (Wildman–Crippen LogP) is 3.67. The quantitative estimate of drug-likeness (QED) is 0.691. The molecule has 4 heteroatoms. The molecule has 0 aliphatic carbocycles. The van der Waals surface area contributed by atoms with E-state index in [1.54, 1.807) is 10.8 Å². The van der Waals surface area contributed by atoms with Crippen LogP contribution in [0.3, 0.4) is 0 Å². The second kappa shape index (κ2) is 7.79. The van der Waals surface area contributed by atoms with E-state index in [0.717, 1.165) is 24.3 Å². The summed E-state index contributed by atoms with van der Waals surface area (Å²) in [5.74, 6) is 0.693. The number of rotatable bonds is 6. The van der Waals surface area contributed by atoms with Crippen LogP contribution in [0.5, 0.6) is 0 Å². The summed E-state index contributed by atoms with van der Waals surface area (Å²) in [5.41, 5.74) is 2.64. The number of nitrogens with zero attached hydrogens (tertiary/aromatic N) is 3. The number of benzene rings is 2. The van der Waals surface area contributed by atoms with E-state index in [-0.39, 0.29) is 5.56 Å². The van der Waals surface area contributed by atoms with Gasteiger partial charge in [-0.3, -0.25) is 4.79 Å². The minimum atomic E-state index is -0.00745. The molecule has 0 unspecified atom stereocenters. The van der Waals surface area contributed by atoms with Crippen LogP contribution in [0.4, 0.5) is 5.95 Å². The van der Waals surface area contributed by atoms with Gasteiger partial charge in [-0.1, -0.05) is 48.5 Å². The van der Waals surface area contributed by atoms with Crippen molar-refractivity contribution in [2.24, 2.45) is 0 Å². The maximum Gasteiger partial charge on any atom is 0.263 e. The van der Waals surface area contributed by atoms with Crippen LogP contribution in [-0.4, -0.2) is 22.6 Å². The molecule has 128 valence electrons. The van der Waals surface area contributed by atoms with E-state index in [1.807, 2.05) is 60.7 Å². The summed E-state index contributed by atoms with van der Waals surface area (Å²) < 4.78 is 1.73. The van der Waals surface area contributed by atoms with E-state index in [1.165, 1.54) is 0 Å². The molecule has 3 aromatic rings. The molecule has 0 aliphatic rings. The zero-order chi connectivity index (χ0) is 17.6. The molecule has 2 aromatic carbocycles. The lowest BCUT2D eigenvalue weighted by Gasteiger charge is -2.24. The Morgan fingerprint density at radius 2 is 1.52 bits per heavy atom. The van der Waals surface area contributed by atoms with Gasteiger partial charge >= 0.3 is 0 Å². The van der Waals surface area contributed by atoms with Gasteiger partial charge in [-0.25, -0.2) is 9.55 Å². The molecular formula is C21H23N3O. The summed E-state index contributed by atoms with van der Waals surface area (Å²) >= 11 is 0. The van der Waals surface area contributed by atoms with Crippen molar-refractivity contribution in [3.05, 3.63) is 88.3 Å². The SMILES string of the molecule is CCN(CC)c1ncc(Cc2ccccc2)c(=O)n1-c1ccccc1. The molecule has 0 amide bonds. The molecule has 4 nitrogen and oxygen atoms in total. The summed E-state index contributed by atoms with van der Waals surface area (Å²) in [7, 11) is 0. The molecule has 25 heavy (non-hydrogen) atoms. The average Bonchev–Trinajstić information content (AvgIpc) is 2.66. The fourth-order valence-corrected chi connectivity index (χ4v) is 2.96. The maximum absolute atomic E-state index is 13.2. The van der Waals surface area contributed by atoms with Gasteiger partial charge in [0, 0.05) is 31.3 Å². The lowest BCUT2D eigenvalue weighted by Crippen LogP contribution is -2.33. The molecule has 0 fully saturated rings. The van der Waals surface area contributed by atoms with Crippen molar-refractivity contribution in [2.75, 3.05) is 18.0 Å². The van der Waals surface area contributed by atoms with Crippen molar-refractivity contribution in [2.45, 2.75) is 20.3 Å². The minimum absolute atomic E-state index is 0.00745. The molecule has 1 heterocycles. The first-order valence-corrected chi connectivity index (χ1v) is 8.69. The summed E-state index contributed by atoms with van der Waals surface area (Å²) in [4.78, 5) is 20.0. The lowest BCUT2D eigenvalue weighted by molar-refractivity contribution is 0.770. The molecule has 0 spiro atoms. The topological polar surface area (TPSA) is 38.1 Å². The molecule has 0 saturated carbocycles. The third kappa shape index (κ3) is 3.63. The number of aromatic nitrogens is 2. The Kier molecular flexibility index (Phi) is 5.29. The fraction of sp³-hybridized carbons (Fsp3) is 0.238. The Balaban J connectivity index is 2.13. The fourth-order valence-electron chi connectivity index (χ4n) is 2.96. The first-order chi connectivity index (χ1) is 12.2. The smallest absolute Gasteiger partial charge is 0.263 e. The highest BCUT2D eigenvalue weighted by Gasteiger charge is 2.16. The lowest BCUT2D eigenvalue weighted by atomic mass is 10.1. The van der Waals surface area contributed by atoms with E-state index in [2.05, 4.69) is 23.7 Å². The van der Waals surface area contributed by atoms with Gasteiger partial charge in [-0.15, -0.1) is 0 Å². The van der Waals surface area contributed by atoms with E-state index in [0.29, 0.717) is 17.9 Å². The largest absolute Gasteiger partial charge is 0.342 e. The van der Waals surface area contributed by atoms with Gasteiger partial charge in [0.25, 0.3) is 5.56 Å². The monoisotopic (exact) mass is 333 g/mol. The number of anilines is 1. The number of para-hydroxylation sites is 1. The second-order valence-electron chi connectivity index (χ2n) is 5.89. The zero-order valence-electron chi connectivity index (χ0n) is 14.7. The summed E-state index contributed by atoms with van der Waals surface area (Å²) in [5, 5.41) is 0. The van der Waals surface area contributed by atoms with Crippen LogP contribution < -0.4 is 10.5 Å². The summed E-state index contributed by atoms with van der Waals surface area (Å²) in [6, 6.07) is 19.8. The molecule has 3 rings (SSSR count). The maximum atomic E-state index is 13.2. The van der Waals surface area contributed by atoms with Crippen LogP contribution in [0, 0.1) is 0 Å². The summed E-state index contributed by atoms with van der Waals surface area (Å²) in [6.45, 7) is 5.74. The third-order valence-electron chi connectivity index (χ3n) is 4.31. The van der Waals surface area contributed by atoms with Gasteiger partial charge in [0.15, 0.2) is 0 Å². The van der Waals surface area contributed by atoms with E-state index >= 15 is 0 Å². The van der Waals surface area contributed by atoms with E-state index < -0.39 is 0 Å². The van der Waals surface area contributed by atoms with Gasteiger partial charge in [0.05, 0.1) is 5.69 Å². The first-order valence-electron chi connectivity index (χ1n) is 8.69. The Hall–Kier alpha value is -2.88. The minimum Gasteiger partial charge on any atom is -0.342 e. The molecule has 1 aromatic heterocycles. The third-order valence-corrected chi connectivity index (χ3v) is 4.31. The van der Waals surface area contributed by atoms with Crippen molar-refractivity contribution >= 4 is 5.95 Å². The van der Waals surface area contributed by atoms with Gasteiger partial charge in [-0.05, 0) is 31.5 Å². The van der Waals surface area contributed by atoms with Crippen molar-refractivity contribution in [1.29, 1.82) is 0 Å². The predicted molar refractivity (Wildman–Crippen MR) is 103 cm³/mol. The highest BCUT2D eigenvalue weighted by Crippen LogP contribution is 2.16. The van der Waals surface area contributed by atoms with Crippen molar-refractivity contribution in [1.82, 2.24) is 9.55 Å². The van der Waals surface area contributed by atoms with Gasteiger partial charge in [-0.2, -0.15) is 0 Å². The molecular weight excluding hydrogens is 310 g/mol. The molecule has 0 N–H and O–H groups in total. The first kappa shape index (κ1) is 17.0. The molecule has 0 radical (unpaired) electrons. The van der Waals surface area contributed by atoms with Crippen LogP contribution in [-0.2, 0) is 6.42 Å². The van der Waals surface area contributed by atoms with Crippen LogP contribution in [0.2, 0.25) is 0 Å². The standard InChI is InChI=1S/C21H23N3O/c1-3-23(4-2)21-22-16-18(15-17-11-7-5-8-12-17)20(25)24(21)19-13-9-6-10-14-19/h5-14,16H,3-4,15H2,1-2H3. The molecule has 0 aliphatic heterocycles. The van der Waals surface area contributed by atoms with Gasteiger partial charge < -0.3 is 4.90 Å². The average molecular weight is 333 g/mol. The Morgan fingerprint density at radius 3 is 2.12 bits per heavy atom. The van der Waals surface area contributed by atoms with Crippen LogP contribution in [0.1, 0.15) is 25.0 Å². The number of hydrogen-bond acceptors (Lipinski definition) is 3. The van der Waals surface area contributed by atoms with E-state index in [4.69, 9.17) is 0 Å². The van der Waals surface area contributed by atoms with Gasteiger partial charge in [0.2, 0.25) is 5.95 Å². The van der Waals surface area contributed by atoms with Crippen LogP contribution in [0.15, 0.2) is 71.7 Å². The van der Waals surface area contributed by atoms with E-state index in [9.17, 15) is 4.79 Å².